The zero-order chi connectivity index (χ0) is 11.2. The fraction of sp³-hybridized carbons (Fsp3) is 0.429. The molecule has 15 heavy (non-hydrogen) atoms. The Kier molecular flexibility index (Phi) is 2.05. The maximum atomic E-state index is 11.3. The summed E-state index contributed by atoms with van der Waals surface area (Å²) in [6.07, 6.45) is 2.41. The fourth-order valence-corrected chi connectivity index (χ4v) is 2.42. The summed E-state index contributed by atoms with van der Waals surface area (Å²) in [6.45, 7) is 0.274. The molecule has 82 valence electrons. The Balaban J connectivity index is 2.53. The lowest BCUT2D eigenvalue weighted by Crippen LogP contribution is -2.28. The lowest BCUT2D eigenvalue weighted by Gasteiger charge is -2.03. The zero-order valence-electron chi connectivity index (χ0n) is 7.97. The van der Waals surface area contributed by atoms with Crippen LogP contribution in [0.25, 0.3) is 0 Å². The third-order valence-corrected chi connectivity index (χ3v) is 3.19. The van der Waals surface area contributed by atoms with Crippen molar-refractivity contribution in [2.24, 2.45) is 5.73 Å². The first kappa shape index (κ1) is 10.1. The summed E-state index contributed by atoms with van der Waals surface area (Å²) in [5.41, 5.74) is 6.15. The van der Waals surface area contributed by atoms with Crippen LogP contribution in [0.1, 0.15) is 17.3 Å². The van der Waals surface area contributed by atoms with Crippen molar-refractivity contribution in [1.82, 2.24) is 14.5 Å². The highest BCUT2D eigenvalue weighted by atomic mass is 32.2. The van der Waals surface area contributed by atoms with Gasteiger partial charge in [0.2, 0.25) is 5.91 Å². The molecule has 3 N–H and O–H groups in total. The molecule has 1 aromatic rings. The molecule has 0 fully saturated rings. The van der Waals surface area contributed by atoms with E-state index in [4.69, 9.17) is 5.73 Å². The maximum Gasteiger partial charge on any atom is 0.251 e. The number of aromatic nitrogens is 2. The number of amides is 1. The standard InChI is InChI=1S/C7H10N4O3S/c1-15(13,14)11-5-3-9-6(7(8)12)4(5)2-10-11/h2,6,9H,3H2,1H3,(H2,8,12). The van der Waals surface area contributed by atoms with Crippen molar-refractivity contribution in [1.29, 1.82) is 0 Å². The van der Waals surface area contributed by atoms with Crippen LogP contribution in [0.3, 0.4) is 0 Å². The predicted octanol–water partition coefficient (Wildman–Crippen LogP) is -1.68. The van der Waals surface area contributed by atoms with E-state index in [1.165, 1.54) is 6.20 Å². The SMILES string of the molecule is CS(=O)(=O)n1ncc2c1CNC2C(N)=O. The third kappa shape index (κ3) is 1.51. The van der Waals surface area contributed by atoms with Gasteiger partial charge in [-0.15, -0.1) is 0 Å². The predicted molar refractivity (Wildman–Crippen MR) is 51.2 cm³/mol. The van der Waals surface area contributed by atoms with Gasteiger partial charge in [0.15, 0.2) is 0 Å². The van der Waals surface area contributed by atoms with Gasteiger partial charge < -0.3 is 5.73 Å². The molecule has 0 bridgehead atoms. The van der Waals surface area contributed by atoms with Gasteiger partial charge >= 0.3 is 0 Å². The van der Waals surface area contributed by atoms with E-state index in [2.05, 4.69) is 10.4 Å². The second kappa shape index (κ2) is 3.04. The van der Waals surface area contributed by atoms with E-state index in [9.17, 15) is 13.2 Å². The maximum absolute atomic E-state index is 11.3. The number of nitrogens with zero attached hydrogens (tertiary/aromatic N) is 2. The molecule has 0 radical (unpaired) electrons. The van der Waals surface area contributed by atoms with E-state index < -0.39 is 22.0 Å². The number of nitrogens with two attached hydrogens (primary N) is 1. The Labute approximate surface area is 86.3 Å². The van der Waals surface area contributed by atoms with Gasteiger partial charge in [0.1, 0.15) is 6.04 Å². The molecule has 2 heterocycles. The fourth-order valence-electron chi connectivity index (χ4n) is 1.63. The highest BCUT2D eigenvalue weighted by Gasteiger charge is 2.31. The monoisotopic (exact) mass is 230 g/mol. The van der Waals surface area contributed by atoms with Crippen LogP contribution in [0.2, 0.25) is 0 Å². The molecule has 1 atom stereocenters. The summed E-state index contributed by atoms with van der Waals surface area (Å²) in [4.78, 5) is 11.0. The topological polar surface area (TPSA) is 107 Å². The lowest BCUT2D eigenvalue weighted by molar-refractivity contribution is -0.119. The Morgan fingerprint density at radius 3 is 2.93 bits per heavy atom. The van der Waals surface area contributed by atoms with Crippen molar-refractivity contribution in [3.05, 3.63) is 17.5 Å². The first-order valence-corrected chi connectivity index (χ1v) is 6.06. The van der Waals surface area contributed by atoms with Crippen molar-refractivity contribution >= 4 is 15.9 Å². The number of primary amides is 1. The Morgan fingerprint density at radius 1 is 1.73 bits per heavy atom. The second-order valence-electron chi connectivity index (χ2n) is 3.37. The van der Waals surface area contributed by atoms with E-state index in [1.54, 1.807) is 0 Å². The summed E-state index contributed by atoms with van der Waals surface area (Å²) < 4.78 is 23.5. The molecule has 8 heteroatoms. The molecule has 7 nitrogen and oxygen atoms in total. The molecule has 0 spiro atoms. The molecule has 1 aromatic heterocycles. The van der Waals surface area contributed by atoms with Crippen LogP contribution in [-0.2, 0) is 21.4 Å². The summed E-state index contributed by atoms with van der Waals surface area (Å²) >= 11 is 0. The minimum absolute atomic E-state index is 0.274. The van der Waals surface area contributed by atoms with E-state index >= 15 is 0 Å². The molecule has 1 aliphatic heterocycles. The molecular formula is C7H10N4O3S. The van der Waals surface area contributed by atoms with E-state index in [-0.39, 0.29) is 6.54 Å². The van der Waals surface area contributed by atoms with Gasteiger partial charge in [-0.25, -0.2) is 8.42 Å². The van der Waals surface area contributed by atoms with Crippen molar-refractivity contribution < 1.29 is 13.2 Å². The van der Waals surface area contributed by atoms with Crippen LogP contribution in [0, 0.1) is 0 Å². The largest absolute Gasteiger partial charge is 0.368 e. The summed E-state index contributed by atoms with van der Waals surface area (Å²) in [5, 5.41) is 6.54. The van der Waals surface area contributed by atoms with Gasteiger partial charge in [0.05, 0.1) is 18.1 Å². The Hall–Kier alpha value is -1.41. The Bertz CT molecular complexity index is 518. The van der Waals surface area contributed by atoms with Gasteiger partial charge in [-0.3, -0.25) is 10.1 Å². The minimum atomic E-state index is -3.42. The average Bonchev–Trinajstić information content (AvgIpc) is 2.56. The lowest BCUT2D eigenvalue weighted by atomic mass is 10.1. The highest BCUT2D eigenvalue weighted by molar-refractivity contribution is 7.89. The summed E-state index contributed by atoms with van der Waals surface area (Å²) in [6, 6.07) is -0.643. The number of nitrogens with one attached hydrogen (secondary N) is 1. The zero-order valence-corrected chi connectivity index (χ0v) is 8.78. The average molecular weight is 230 g/mol. The van der Waals surface area contributed by atoms with Crippen molar-refractivity contribution in [3.8, 4) is 0 Å². The van der Waals surface area contributed by atoms with Crippen LogP contribution in [0.4, 0.5) is 0 Å². The smallest absolute Gasteiger partial charge is 0.251 e. The van der Waals surface area contributed by atoms with E-state index in [0.29, 0.717) is 11.3 Å². The molecule has 0 saturated heterocycles. The molecule has 2 rings (SSSR count). The molecule has 0 aliphatic carbocycles. The van der Waals surface area contributed by atoms with Crippen LogP contribution in [0.5, 0.6) is 0 Å². The number of carbonyl (C=O) groups is 1. The number of fused-ring (bicyclic) bond motifs is 1. The van der Waals surface area contributed by atoms with E-state index in [1.807, 2.05) is 0 Å². The normalized spacial score (nSPS) is 20.2. The number of carbonyl (C=O) groups excluding carboxylic acids is 1. The third-order valence-electron chi connectivity index (χ3n) is 2.25. The molecule has 1 amide bonds. The van der Waals surface area contributed by atoms with Gasteiger partial charge in [0, 0.05) is 12.1 Å². The van der Waals surface area contributed by atoms with Crippen molar-refractivity contribution in [3.63, 3.8) is 0 Å². The molecule has 0 aromatic carbocycles. The number of hydrogen-bond acceptors (Lipinski definition) is 5. The molecule has 1 unspecified atom stereocenters. The summed E-state index contributed by atoms with van der Waals surface area (Å²) in [5.74, 6) is -0.540. The van der Waals surface area contributed by atoms with Crippen molar-refractivity contribution in [2.75, 3.05) is 6.26 Å². The number of hydrogen-bond donors (Lipinski definition) is 2. The van der Waals surface area contributed by atoms with Gasteiger partial charge in [-0.2, -0.15) is 9.19 Å². The minimum Gasteiger partial charge on any atom is -0.368 e. The van der Waals surface area contributed by atoms with Crippen LogP contribution < -0.4 is 11.1 Å². The summed E-state index contributed by atoms with van der Waals surface area (Å²) in [7, 11) is -3.42. The van der Waals surface area contributed by atoms with E-state index in [0.717, 1.165) is 10.3 Å². The quantitative estimate of drug-likeness (QED) is 0.631. The van der Waals surface area contributed by atoms with Gasteiger partial charge in [-0.1, -0.05) is 0 Å². The first-order valence-electron chi connectivity index (χ1n) is 4.21. The van der Waals surface area contributed by atoms with Gasteiger partial charge in [-0.05, 0) is 0 Å². The van der Waals surface area contributed by atoms with Crippen LogP contribution in [0.15, 0.2) is 6.20 Å². The highest BCUT2D eigenvalue weighted by Crippen LogP contribution is 2.25. The first-order chi connectivity index (χ1) is 6.91. The molecule has 0 saturated carbocycles. The second-order valence-corrected chi connectivity index (χ2v) is 5.18. The molecule has 1 aliphatic rings. The van der Waals surface area contributed by atoms with Crippen LogP contribution >= 0.6 is 0 Å². The van der Waals surface area contributed by atoms with Crippen molar-refractivity contribution in [2.45, 2.75) is 12.6 Å². The van der Waals surface area contributed by atoms with Gasteiger partial charge in [0.25, 0.3) is 10.0 Å². The molecular weight excluding hydrogens is 220 g/mol. The number of rotatable bonds is 2. The Morgan fingerprint density at radius 2 is 2.40 bits per heavy atom. The van der Waals surface area contributed by atoms with Crippen LogP contribution in [-0.4, -0.2) is 29.8 Å².